The van der Waals surface area contributed by atoms with E-state index in [1.807, 2.05) is 36.6 Å². The maximum Gasteiger partial charge on any atom is 0.235 e. The highest BCUT2D eigenvalue weighted by Crippen LogP contribution is 2.26. The zero-order valence-electron chi connectivity index (χ0n) is 14.1. The van der Waals surface area contributed by atoms with Gasteiger partial charge in [0.1, 0.15) is 16.0 Å². The van der Waals surface area contributed by atoms with Crippen LogP contribution in [0.3, 0.4) is 0 Å². The van der Waals surface area contributed by atoms with Crippen LogP contribution in [0, 0.1) is 0 Å². The van der Waals surface area contributed by atoms with Crippen molar-refractivity contribution in [2.24, 2.45) is 0 Å². The summed E-state index contributed by atoms with van der Waals surface area (Å²) >= 11 is 1.51. The van der Waals surface area contributed by atoms with Crippen molar-refractivity contribution in [2.75, 3.05) is 13.7 Å². The summed E-state index contributed by atoms with van der Waals surface area (Å²) in [5.74, 6) is 0.914. The third kappa shape index (κ3) is 4.88. The second-order valence-corrected chi connectivity index (χ2v) is 7.95. The second-order valence-electron chi connectivity index (χ2n) is 5.33. The molecule has 0 unspecified atom stereocenters. The Bertz CT molecular complexity index is 698. The average molecular weight is 367 g/mol. The summed E-state index contributed by atoms with van der Waals surface area (Å²) in [6.07, 6.45) is 0.863. The molecule has 1 N–H and O–H groups in total. The van der Waals surface area contributed by atoms with E-state index in [4.69, 9.17) is 4.74 Å². The van der Waals surface area contributed by atoms with E-state index in [-0.39, 0.29) is 11.7 Å². The maximum absolute atomic E-state index is 12.3. The fourth-order valence-corrected chi connectivity index (χ4v) is 3.96. The van der Waals surface area contributed by atoms with Crippen LogP contribution in [0.2, 0.25) is 0 Å². The molecule has 0 spiro atoms. The second kappa shape index (κ2) is 8.94. The van der Waals surface area contributed by atoms with E-state index in [9.17, 15) is 9.00 Å². The molecule has 0 saturated heterocycles. The minimum atomic E-state index is -1.29. The molecule has 1 amide bonds. The van der Waals surface area contributed by atoms with Crippen LogP contribution in [-0.4, -0.2) is 34.0 Å². The highest BCUT2D eigenvalue weighted by atomic mass is 32.2. The van der Waals surface area contributed by atoms with Gasteiger partial charge in [-0.3, -0.25) is 9.00 Å². The van der Waals surface area contributed by atoms with E-state index in [2.05, 4.69) is 10.3 Å². The summed E-state index contributed by atoms with van der Waals surface area (Å²) in [5, 5.41) is 5.01. The summed E-state index contributed by atoms with van der Waals surface area (Å²) < 4.78 is 17.5. The van der Waals surface area contributed by atoms with Crippen molar-refractivity contribution in [2.45, 2.75) is 31.3 Å². The Balaban J connectivity index is 1.99. The van der Waals surface area contributed by atoms with Gasteiger partial charge >= 0.3 is 0 Å². The number of aromatic nitrogens is 1. The smallest absolute Gasteiger partial charge is 0.235 e. The van der Waals surface area contributed by atoms with Gasteiger partial charge in [0.05, 0.1) is 18.6 Å². The lowest BCUT2D eigenvalue weighted by Crippen LogP contribution is -2.36. The molecule has 2 atom stereocenters. The fourth-order valence-electron chi connectivity index (χ4n) is 2.02. The standard InChI is InChI=1S/C17H22N2O3S2/c1-4-9-18-16(20)12(2)24(21)11-14-10-23-17(19-14)13-5-7-15(22-3)8-6-13/h5-8,10,12H,4,9,11H2,1-3H3,(H,18,20)/t12-,24+/m1/s1. The summed E-state index contributed by atoms with van der Waals surface area (Å²) in [4.78, 5) is 16.4. The Morgan fingerprint density at radius 2 is 2.08 bits per heavy atom. The van der Waals surface area contributed by atoms with Gasteiger partial charge in [-0.2, -0.15) is 0 Å². The van der Waals surface area contributed by atoms with E-state index in [0.29, 0.717) is 6.54 Å². The first kappa shape index (κ1) is 18.6. The Kier molecular flexibility index (Phi) is 6.93. The van der Waals surface area contributed by atoms with Crippen molar-refractivity contribution < 1.29 is 13.7 Å². The van der Waals surface area contributed by atoms with Gasteiger partial charge in [-0.25, -0.2) is 4.98 Å². The van der Waals surface area contributed by atoms with Gasteiger partial charge < -0.3 is 10.1 Å². The van der Waals surface area contributed by atoms with Gasteiger partial charge in [0.2, 0.25) is 5.91 Å². The zero-order chi connectivity index (χ0) is 17.5. The monoisotopic (exact) mass is 366 g/mol. The van der Waals surface area contributed by atoms with Crippen LogP contribution in [0.25, 0.3) is 10.6 Å². The maximum atomic E-state index is 12.3. The van der Waals surface area contributed by atoms with Crippen molar-refractivity contribution in [3.63, 3.8) is 0 Å². The molecule has 0 aliphatic rings. The van der Waals surface area contributed by atoms with Crippen molar-refractivity contribution in [3.05, 3.63) is 35.3 Å². The molecular weight excluding hydrogens is 344 g/mol. The predicted molar refractivity (Wildman–Crippen MR) is 98.7 cm³/mol. The number of carbonyl (C=O) groups excluding carboxylic acids is 1. The molecule has 5 nitrogen and oxygen atoms in total. The lowest BCUT2D eigenvalue weighted by molar-refractivity contribution is -0.120. The molecule has 0 radical (unpaired) electrons. The Morgan fingerprint density at radius 3 is 2.71 bits per heavy atom. The molecule has 130 valence electrons. The normalized spacial score (nSPS) is 13.3. The summed E-state index contributed by atoms with van der Waals surface area (Å²) in [6.45, 7) is 4.29. The molecular formula is C17H22N2O3S2. The minimum Gasteiger partial charge on any atom is -0.497 e. The number of benzene rings is 1. The number of rotatable bonds is 8. The highest BCUT2D eigenvalue weighted by molar-refractivity contribution is 7.85. The van der Waals surface area contributed by atoms with Crippen LogP contribution >= 0.6 is 11.3 Å². The number of ether oxygens (including phenoxy) is 1. The van der Waals surface area contributed by atoms with Crippen LogP contribution in [-0.2, 0) is 21.3 Å². The van der Waals surface area contributed by atoms with Gasteiger partial charge in [-0.1, -0.05) is 6.92 Å². The van der Waals surface area contributed by atoms with E-state index in [1.165, 1.54) is 11.3 Å². The van der Waals surface area contributed by atoms with Gasteiger partial charge in [-0.15, -0.1) is 11.3 Å². The molecule has 0 aliphatic carbocycles. The highest BCUT2D eigenvalue weighted by Gasteiger charge is 2.20. The van der Waals surface area contributed by atoms with Crippen molar-refractivity contribution >= 4 is 28.0 Å². The van der Waals surface area contributed by atoms with Crippen LogP contribution in [0.15, 0.2) is 29.6 Å². The molecule has 24 heavy (non-hydrogen) atoms. The first-order valence-corrected chi connectivity index (χ1v) is 10.0. The largest absolute Gasteiger partial charge is 0.497 e. The number of thiazole rings is 1. The molecule has 7 heteroatoms. The van der Waals surface area contributed by atoms with Gasteiger partial charge in [0.15, 0.2) is 0 Å². The van der Waals surface area contributed by atoms with E-state index in [0.717, 1.165) is 28.4 Å². The van der Waals surface area contributed by atoms with Crippen molar-refractivity contribution in [1.82, 2.24) is 10.3 Å². The molecule has 1 aromatic heterocycles. The topological polar surface area (TPSA) is 68.3 Å². The SMILES string of the molecule is CCCNC(=O)[C@@H](C)[S@@](=O)Cc1csc(-c2ccc(OC)cc2)n1. The zero-order valence-corrected chi connectivity index (χ0v) is 15.7. The number of nitrogens with one attached hydrogen (secondary N) is 1. The number of carbonyl (C=O) groups is 1. The number of hydrogen-bond donors (Lipinski definition) is 1. The molecule has 2 rings (SSSR count). The van der Waals surface area contributed by atoms with E-state index >= 15 is 0 Å². The van der Waals surface area contributed by atoms with E-state index < -0.39 is 16.0 Å². The Morgan fingerprint density at radius 1 is 1.38 bits per heavy atom. The van der Waals surface area contributed by atoms with Gasteiger partial charge in [0, 0.05) is 28.3 Å². The Hall–Kier alpha value is -1.73. The van der Waals surface area contributed by atoms with Crippen LogP contribution in [0.1, 0.15) is 26.0 Å². The predicted octanol–water partition coefficient (Wildman–Crippen LogP) is 2.98. The summed E-state index contributed by atoms with van der Waals surface area (Å²) in [6, 6.07) is 7.65. The fraction of sp³-hybridized carbons (Fsp3) is 0.412. The number of amides is 1. The van der Waals surface area contributed by atoms with Gasteiger partial charge in [-0.05, 0) is 37.6 Å². The van der Waals surface area contributed by atoms with Crippen LogP contribution < -0.4 is 10.1 Å². The molecule has 1 heterocycles. The molecule has 2 aromatic rings. The molecule has 0 aliphatic heterocycles. The summed E-state index contributed by atoms with van der Waals surface area (Å²) in [7, 11) is 0.343. The third-order valence-corrected chi connectivity index (χ3v) is 6.01. The molecule has 1 aromatic carbocycles. The molecule has 0 bridgehead atoms. The van der Waals surface area contributed by atoms with Gasteiger partial charge in [0.25, 0.3) is 0 Å². The lowest BCUT2D eigenvalue weighted by Gasteiger charge is -2.10. The third-order valence-electron chi connectivity index (χ3n) is 3.49. The number of nitrogens with zero attached hydrogens (tertiary/aromatic N) is 1. The lowest BCUT2D eigenvalue weighted by atomic mass is 10.2. The number of methoxy groups -OCH3 is 1. The average Bonchev–Trinajstić information content (AvgIpc) is 3.07. The van der Waals surface area contributed by atoms with E-state index in [1.54, 1.807) is 14.0 Å². The minimum absolute atomic E-state index is 0.166. The summed E-state index contributed by atoms with van der Waals surface area (Å²) in [5.41, 5.74) is 1.74. The van der Waals surface area contributed by atoms with Crippen molar-refractivity contribution in [3.8, 4) is 16.3 Å². The first-order chi connectivity index (χ1) is 11.5. The quantitative estimate of drug-likeness (QED) is 0.780. The molecule has 0 fully saturated rings. The van der Waals surface area contributed by atoms with Crippen LogP contribution in [0.5, 0.6) is 5.75 Å². The van der Waals surface area contributed by atoms with Crippen LogP contribution in [0.4, 0.5) is 0 Å². The molecule has 0 saturated carbocycles. The number of hydrogen-bond acceptors (Lipinski definition) is 5. The first-order valence-electron chi connectivity index (χ1n) is 7.78. The Labute approximate surface area is 148 Å². The van der Waals surface area contributed by atoms with Crippen molar-refractivity contribution in [1.29, 1.82) is 0 Å².